The van der Waals surface area contributed by atoms with Gasteiger partial charge >= 0.3 is 0 Å². The largest absolute Gasteiger partial charge is 0.342 e. The average molecular weight is 253 g/mol. The first kappa shape index (κ1) is 13.8. The molecule has 2 aliphatic rings. The van der Waals surface area contributed by atoms with Crippen LogP contribution in [0.4, 0.5) is 0 Å². The zero-order valence-corrected chi connectivity index (χ0v) is 12.1. The van der Waals surface area contributed by atoms with Crippen LogP contribution in [-0.2, 0) is 4.79 Å². The number of piperidine rings is 1. The molecule has 0 aliphatic carbocycles. The molecule has 2 fully saturated rings. The first-order chi connectivity index (χ1) is 8.61. The van der Waals surface area contributed by atoms with Gasteiger partial charge in [0, 0.05) is 45.7 Å². The maximum absolute atomic E-state index is 11.4. The minimum Gasteiger partial charge on any atom is -0.342 e. The Morgan fingerprint density at radius 3 is 2.72 bits per heavy atom. The van der Waals surface area contributed by atoms with Crippen molar-refractivity contribution in [3.63, 3.8) is 0 Å². The average Bonchev–Trinajstić information content (AvgIpc) is 2.87. The van der Waals surface area contributed by atoms with E-state index in [-0.39, 0.29) is 5.91 Å². The van der Waals surface area contributed by atoms with Gasteiger partial charge in [-0.25, -0.2) is 0 Å². The van der Waals surface area contributed by atoms with E-state index in [0.29, 0.717) is 12.1 Å². The van der Waals surface area contributed by atoms with Crippen molar-refractivity contribution in [2.45, 2.75) is 45.2 Å². The number of carbonyl (C=O) groups is 1. The summed E-state index contributed by atoms with van der Waals surface area (Å²) in [6.45, 7) is 9.79. The smallest absolute Gasteiger partial charge is 0.219 e. The molecule has 4 heteroatoms. The summed E-state index contributed by atoms with van der Waals surface area (Å²) in [5.41, 5.74) is 0. The van der Waals surface area contributed by atoms with Crippen molar-refractivity contribution < 1.29 is 4.79 Å². The fourth-order valence-corrected chi connectivity index (χ4v) is 3.29. The molecular formula is C14H27N3O. The SMILES string of the molecule is CCN1CCC[C@H](N2CC[C@@H](N(C)C(C)=O)C2)C1. The van der Waals surface area contributed by atoms with Crippen LogP contribution in [0.2, 0.25) is 0 Å². The van der Waals surface area contributed by atoms with Crippen LogP contribution in [-0.4, -0.2) is 72.5 Å². The highest BCUT2D eigenvalue weighted by Crippen LogP contribution is 2.22. The van der Waals surface area contributed by atoms with E-state index >= 15 is 0 Å². The van der Waals surface area contributed by atoms with Crippen LogP contribution in [0.5, 0.6) is 0 Å². The monoisotopic (exact) mass is 253 g/mol. The van der Waals surface area contributed by atoms with Gasteiger partial charge in [-0.3, -0.25) is 9.69 Å². The van der Waals surface area contributed by atoms with E-state index in [0.717, 1.165) is 19.5 Å². The molecule has 0 aromatic rings. The number of likely N-dealkylation sites (N-methyl/N-ethyl adjacent to an activating group) is 2. The molecule has 0 bridgehead atoms. The van der Waals surface area contributed by atoms with Crippen molar-refractivity contribution in [3.8, 4) is 0 Å². The maximum Gasteiger partial charge on any atom is 0.219 e. The number of likely N-dealkylation sites (tertiary alicyclic amines) is 2. The molecule has 1 amide bonds. The van der Waals surface area contributed by atoms with Crippen molar-refractivity contribution in [3.05, 3.63) is 0 Å². The van der Waals surface area contributed by atoms with Gasteiger partial charge in [-0.1, -0.05) is 6.92 Å². The molecule has 2 aliphatic heterocycles. The predicted octanol–water partition coefficient (Wildman–Crippen LogP) is 1.02. The lowest BCUT2D eigenvalue weighted by Crippen LogP contribution is -2.48. The van der Waals surface area contributed by atoms with Gasteiger partial charge in [0.05, 0.1) is 0 Å². The van der Waals surface area contributed by atoms with Crippen LogP contribution in [0.3, 0.4) is 0 Å². The molecule has 104 valence electrons. The molecule has 2 saturated heterocycles. The molecule has 0 unspecified atom stereocenters. The quantitative estimate of drug-likeness (QED) is 0.751. The highest BCUT2D eigenvalue weighted by Gasteiger charge is 2.32. The molecule has 0 spiro atoms. The molecule has 0 aromatic carbocycles. The van der Waals surface area contributed by atoms with E-state index in [4.69, 9.17) is 0 Å². The Balaban J connectivity index is 1.86. The lowest BCUT2D eigenvalue weighted by Gasteiger charge is -2.37. The molecule has 2 atom stereocenters. The van der Waals surface area contributed by atoms with E-state index in [9.17, 15) is 4.79 Å². The molecule has 0 aromatic heterocycles. The minimum atomic E-state index is 0.195. The van der Waals surface area contributed by atoms with Crippen molar-refractivity contribution >= 4 is 5.91 Å². The second-order valence-electron chi connectivity index (χ2n) is 5.76. The maximum atomic E-state index is 11.4. The molecule has 2 heterocycles. The number of hydrogen-bond acceptors (Lipinski definition) is 3. The van der Waals surface area contributed by atoms with Crippen LogP contribution < -0.4 is 0 Å². The second kappa shape index (κ2) is 6.02. The summed E-state index contributed by atoms with van der Waals surface area (Å²) in [5, 5.41) is 0. The Hall–Kier alpha value is -0.610. The highest BCUT2D eigenvalue weighted by molar-refractivity contribution is 5.73. The zero-order valence-electron chi connectivity index (χ0n) is 12.1. The summed E-state index contributed by atoms with van der Waals surface area (Å²) in [7, 11) is 1.94. The Bertz CT molecular complexity index is 295. The Kier molecular flexibility index (Phi) is 4.62. The molecule has 0 saturated carbocycles. The fourth-order valence-electron chi connectivity index (χ4n) is 3.29. The normalized spacial score (nSPS) is 30.6. The van der Waals surface area contributed by atoms with Gasteiger partial charge in [0.25, 0.3) is 0 Å². The van der Waals surface area contributed by atoms with Crippen LogP contribution in [0.15, 0.2) is 0 Å². The topological polar surface area (TPSA) is 26.8 Å². The van der Waals surface area contributed by atoms with Gasteiger partial charge in [-0.15, -0.1) is 0 Å². The number of carbonyl (C=O) groups excluding carboxylic acids is 1. The highest BCUT2D eigenvalue weighted by atomic mass is 16.2. The van der Waals surface area contributed by atoms with Crippen LogP contribution in [0, 0.1) is 0 Å². The molecular weight excluding hydrogens is 226 g/mol. The minimum absolute atomic E-state index is 0.195. The summed E-state index contributed by atoms with van der Waals surface area (Å²) >= 11 is 0. The summed E-state index contributed by atoms with van der Waals surface area (Å²) in [6.07, 6.45) is 3.79. The van der Waals surface area contributed by atoms with E-state index in [2.05, 4.69) is 16.7 Å². The predicted molar refractivity (Wildman–Crippen MR) is 73.6 cm³/mol. The standard InChI is InChI=1S/C14H27N3O/c1-4-16-8-5-6-14(10-16)17-9-7-13(11-17)15(3)12(2)18/h13-14H,4-11H2,1-3H3/t13-,14+/m1/s1. The first-order valence-corrected chi connectivity index (χ1v) is 7.31. The van der Waals surface area contributed by atoms with Gasteiger partial charge in [0.15, 0.2) is 0 Å². The van der Waals surface area contributed by atoms with Crippen molar-refractivity contribution in [1.82, 2.24) is 14.7 Å². The molecule has 0 radical (unpaired) electrons. The Morgan fingerprint density at radius 1 is 1.28 bits per heavy atom. The van der Waals surface area contributed by atoms with E-state index < -0.39 is 0 Å². The lowest BCUT2D eigenvalue weighted by molar-refractivity contribution is -0.129. The van der Waals surface area contributed by atoms with Gasteiger partial charge in [0.2, 0.25) is 5.91 Å². The first-order valence-electron chi connectivity index (χ1n) is 7.31. The van der Waals surface area contributed by atoms with E-state index in [1.54, 1.807) is 6.92 Å². The zero-order chi connectivity index (χ0) is 13.1. The lowest BCUT2D eigenvalue weighted by atomic mass is 10.0. The van der Waals surface area contributed by atoms with Crippen molar-refractivity contribution in [2.24, 2.45) is 0 Å². The number of nitrogens with zero attached hydrogens (tertiary/aromatic N) is 3. The van der Waals surface area contributed by atoms with Crippen LogP contribution in [0.1, 0.15) is 33.1 Å². The molecule has 18 heavy (non-hydrogen) atoms. The molecule has 4 nitrogen and oxygen atoms in total. The summed E-state index contributed by atoms with van der Waals surface area (Å²) in [6, 6.07) is 1.14. The van der Waals surface area contributed by atoms with Crippen molar-refractivity contribution in [2.75, 3.05) is 39.8 Å². The second-order valence-corrected chi connectivity index (χ2v) is 5.76. The van der Waals surface area contributed by atoms with Gasteiger partial charge < -0.3 is 9.80 Å². The van der Waals surface area contributed by atoms with Crippen LogP contribution >= 0.6 is 0 Å². The third-order valence-electron chi connectivity index (χ3n) is 4.68. The number of hydrogen-bond donors (Lipinski definition) is 0. The van der Waals surface area contributed by atoms with Gasteiger partial charge in [0.1, 0.15) is 0 Å². The summed E-state index contributed by atoms with van der Waals surface area (Å²) in [5.74, 6) is 0.195. The summed E-state index contributed by atoms with van der Waals surface area (Å²) in [4.78, 5) is 18.5. The third-order valence-corrected chi connectivity index (χ3v) is 4.68. The number of amides is 1. The fraction of sp³-hybridized carbons (Fsp3) is 0.929. The summed E-state index contributed by atoms with van der Waals surface area (Å²) < 4.78 is 0. The molecule has 2 rings (SSSR count). The Labute approximate surface area is 111 Å². The van der Waals surface area contributed by atoms with E-state index in [1.807, 2.05) is 11.9 Å². The molecule has 0 N–H and O–H groups in total. The van der Waals surface area contributed by atoms with Gasteiger partial charge in [-0.2, -0.15) is 0 Å². The third kappa shape index (κ3) is 3.04. The Morgan fingerprint density at radius 2 is 2.06 bits per heavy atom. The number of rotatable bonds is 3. The van der Waals surface area contributed by atoms with E-state index in [1.165, 1.54) is 32.5 Å². The van der Waals surface area contributed by atoms with Gasteiger partial charge in [-0.05, 0) is 32.4 Å². The van der Waals surface area contributed by atoms with Crippen LogP contribution in [0.25, 0.3) is 0 Å². The van der Waals surface area contributed by atoms with Crippen molar-refractivity contribution in [1.29, 1.82) is 0 Å².